The quantitative estimate of drug-likeness (QED) is 0.619. The van der Waals surface area contributed by atoms with Crippen LogP contribution in [0.2, 0.25) is 19.6 Å². The summed E-state index contributed by atoms with van der Waals surface area (Å²) in [5.41, 5.74) is 0. The van der Waals surface area contributed by atoms with E-state index in [-0.39, 0.29) is 17.9 Å². The Kier molecular flexibility index (Phi) is 4.57. The zero-order chi connectivity index (χ0) is 13.2. The summed E-state index contributed by atoms with van der Waals surface area (Å²) in [6.45, 7) is 6.44. The maximum Gasteiger partial charge on any atom is 0.326 e. The summed E-state index contributed by atoms with van der Waals surface area (Å²) in [5, 5.41) is 9.06. The van der Waals surface area contributed by atoms with Gasteiger partial charge in [-0.05, 0) is 19.6 Å². The van der Waals surface area contributed by atoms with Gasteiger partial charge in [0.1, 0.15) is 11.9 Å². The van der Waals surface area contributed by atoms with Crippen LogP contribution in [-0.4, -0.2) is 54.8 Å². The molecule has 2 atom stereocenters. The number of alkyl halides is 1. The van der Waals surface area contributed by atoms with Gasteiger partial charge in [0.05, 0.1) is 6.10 Å². The second-order valence-corrected chi connectivity index (χ2v) is 9.85. The molecule has 0 aromatic carbocycles. The van der Waals surface area contributed by atoms with Crippen LogP contribution in [-0.2, 0) is 14.0 Å². The lowest BCUT2D eigenvalue weighted by molar-refractivity contribution is -0.147. The summed E-state index contributed by atoms with van der Waals surface area (Å²) in [6.07, 6.45) is 0.164. The van der Waals surface area contributed by atoms with Crippen LogP contribution < -0.4 is 0 Å². The molecule has 1 aliphatic heterocycles. The third-order valence-corrected chi connectivity index (χ3v) is 3.77. The molecule has 0 saturated carbocycles. The smallest absolute Gasteiger partial charge is 0.326 e. The van der Waals surface area contributed by atoms with Gasteiger partial charge in [-0.15, -0.1) is 11.6 Å². The van der Waals surface area contributed by atoms with E-state index >= 15 is 0 Å². The van der Waals surface area contributed by atoms with Crippen molar-refractivity contribution >= 4 is 31.8 Å². The Labute approximate surface area is 107 Å². The lowest BCUT2D eigenvalue weighted by Gasteiger charge is -2.23. The Bertz CT molecular complexity index is 318. The molecule has 0 radical (unpaired) electrons. The van der Waals surface area contributed by atoms with Gasteiger partial charge in [0.25, 0.3) is 0 Å². The molecule has 1 N–H and O–H groups in total. The molecule has 5 nitrogen and oxygen atoms in total. The molecule has 0 aromatic heterocycles. The Morgan fingerprint density at radius 2 is 2.06 bits per heavy atom. The number of amides is 1. The van der Waals surface area contributed by atoms with E-state index in [4.69, 9.17) is 21.1 Å². The normalized spacial score (nSPS) is 25.1. The molecule has 0 bridgehead atoms. The minimum Gasteiger partial charge on any atom is -0.480 e. The van der Waals surface area contributed by atoms with Crippen molar-refractivity contribution in [3.63, 3.8) is 0 Å². The molecule has 1 heterocycles. The molecule has 1 fully saturated rings. The number of carbonyl (C=O) groups excluding carboxylic acids is 1. The molecule has 7 heteroatoms. The van der Waals surface area contributed by atoms with Crippen LogP contribution >= 0.6 is 11.6 Å². The van der Waals surface area contributed by atoms with Crippen LogP contribution in [0.4, 0.5) is 0 Å². The lowest BCUT2D eigenvalue weighted by Crippen LogP contribution is -2.41. The lowest BCUT2D eigenvalue weighted by atomic mass is 10.2. The van der Waals surface area contributed by atoms with E-state index in [1.165, 1.54) is 4.90 Å². The average Bonchev–Trinajstić information content (AvgIpc) is 2.57. The highest BCUT2D eigenvalue weighted by molar-refractivity contribution is 6.69. The van der Waals surface area contributed by atoms with Crippen LogP contribution in [0.25, 0.3) is 0 Å². The van der Waals surface area contributed by atoms with Crippen molar-refractivity contribution in [3.05, 3.63) is 0 Å². The first-order valence-corrected chi connectivity index (χ1v) is 9.45. The molecule has 0 spiro atoms. The minimum atomic E-state index is -1.73. The van der Waals surface area contributed by atoms with E-state index in [9.17, 15) is 9.59 Å². The van der Waals surface area contributed by atoms with Gasteiger partial charge < -0.3 is 14.4 Å². The number of carbonyl (C=O) groups is 2. The first kappa shape index (κ1) is 14.5. The number of carboxylic acids is 1. The number of carboxylic acid groups (broad SMARTS) is 1. The van der Waals surface area contributed by atoms with E-state index in [2.05, 4.69) is 0 Å². The number of aliphatic carboxylic acids is 1. The highest BCUT2D eigenvalue weighted by Crippen LogP contribution is 2.23. The molecule has 0 aromatic rings. The zero-order valence-electron chi connectivity index (χ0n) is 10.3. The number of nitrogens with zero attached hydrogens (tertiary/aromatic N) is 1. The molecule has 17 heavy (non-hydrogen) atoms. The van der Waals surface area contributed by atoms with Gasteiger partial charge >= 0.3 is 5.97 Å². The van der Waals surface area contributed by atoms with Crippen LogP contribution in [0.5, 0.6) is 0 Å². The molecule has 1 amide bonds. The molecular formula is C10H18ClNO4Si. The third-order valence-electron chi connectivity index (χ3n) is 2.50. The first-order chi connectivity index (χ1) is 7.74. The molecule has 1 aliphatic rings. The van der Waals surface area contributed by atoms with Gasteiger partial charge in [-0.3, -0.25) is 4.79 Å². The van der Waals surface area contributed by atoms with Crippen LogP contribution in [0.1, 0.15) is 6.42 Å². The molecular weight excluding hydrogens is 262 g/mol. The minimum absolute atomic E-state index is 0.185. The van der Waals surface area contributed by atoms with Gasteiger partial charge in [0.2, 0.25) is 5.91 Å². The van der Waals surface area contributed by atoms with Crippen molar-refractivity contribution in [3.8, 4) is 0 Å². The SMILES string of the molecule is C[Si](C)(C)O[C@H]1C[C@@H](C(=O)O)N(C(=O)CCl)C1. The summed E-state index contributed by atoms with van der Waals surface area (Å²) in [6, 6.07) is -0.803. The van der Waals surface area contributed by atoms with Gasteiger partial charge in [-0.25, -0.2) is 4.79 Å². The maximum absolute atomic E-state index is 11.5. The zero-order valence-corrected chi connectivity index (χ0v) is 12.0. The fourth-order valence-electron chi connectivity index (χ4n) is 1.97. The fraction of sp³-hybridized carbons (Fsp3) is 0.800. The van der Waals surface area contributed by atoms with E-state index in [1.807, 2.05) is 19.6 Å². The standard InChI is InChI=1S/C10H18ClNO4Si/c1-17(2,3)16-7-4-8(10(14)15)12(6-7)9(13)5-11/h7-8H,4-6H2,1-3H3,(H,14,15)/t7-,8-/m0/s1. The van der Waals surface area contributed by atoms with Crippen LogP contribution in [0.3, 0.4) is 0 Å². The van der Waals surface area contributed by atoms with Crippen LogP contribution in [0.15, 0.2) is 0 Å². The number of likely N-dealkylation sites (tertiary alicyclic amines) is 1. The third kappa shape index (κ3) is 3.97. The summed E-state index contributed by atoms with van der Waals surface area (Å²) < 4.78 is 5.84. The molecule has 0 aliphatic carbocycles. The highest BCUT2D eigenvalue weighted by Gasteiger charge is 2.41. The van der Waals surface area contributed by atoms with Crippen molar-refractivity contribution in [1.82, 2.24) is 4.90 Å². The number of halogens is 1. The Balaban J connectivity index is 2.72. The van der Waals surface area contributed by atoms with Crippen molar-refractivity contribution in [2.75, 3.05) is 12.4 Å². The van der Waals surface area contributed by atoms with E-state index in [0.717, 1.165) is 0 Å². The summed E-state index contributed by atoms with van der Waals surface area (Å²) in [7, 11) is -1.73. The van der Waals surface area contributed by atoms with Crippen molar-refractivity contribution < 1.29 is 19.1 Å². The second kappa shape index (κ2) is 5.37. The molecule has 1 rings (SSSR count). The Morgan fingerprint density at radius 3 is 2.47 bits per heavy atom. The maximum atomic E-state index is 11.5. The number of hydrogen-bond acceptors (Lipinski definition) is 3. The van der Waals surface area contributed by atoms with Gasteiger partial charge in [-0.1, -0.05) is 0 Å². The van der Waals surface area contributed by atoms with Crippen LogP contribution in [0, 0.1) is 0 Å². The van der Waals surface area contributed by atoms with Crippen molar-refractivity contribution in [2.24, 2.45) is 0 Å². The van der Waals surface area contributed by atoms with Gasteiger partial charge in [0, 0.05) is 13.0 Å². The average molecular weight is 280 g/mol. The molecule has 0 unspecified atom stereocenters. The van der Waals surface area contributed by atoms with Crippen molar-refractivity contribution in [1.29, 1.82) is 0 Å². The summed E-state index contributed by atoms with van der Waals surface area (Å²) in [5.74, 6) is -1.53. The Hall–Kier alpha value is -0.593. The molecule has 98 valence electrons. The first-order valence-electron chi connectivity index (χ1n) is 5.50. The molecule has 1 saturated heterocycles. The summed E-state index contributed by atoms with van der Waals surface area (Å²) in [4.78, 5) is 23.9. The fourth-order valence-corrected chi connectivity index (χ4v) is 3.29. The van der Waals surface area contributed by atoms with E-state index in [1.54, 1.807) is 0 Å². The van der Waals surface area contributed by atoms with E-state index < -0.39 is 20.3 Å². The Morgan fingerprint density at radius 1 is 1.47 bits per heavy atom. The van der Waals surface area contributed by atoms with Gasteiger partial charge in [-0.2, -0.15) is 0 Å². The summed E-state index contributed by atoms with van der Waals surface area (Å²) >= 11 is 5.47. The second-order valence-electron chi connectivity index (χ2n) is 5.12. The number of hydrogen-bond donors (Lipinski definition) is 1. The van der Waals surface area contributed by atoms with Gasteiger partial charge in [0.15, 0.2) is 8.32 Å². The highest BCUT2D eigenvalue weighted by atomic mass is 35.5. The monoisotopic (exact) mass is 279 g/mol. The largest absolute Gasteiger partial charge is 0.480 e. The van der Waals surface area contributed by atoms with E-state index in [0.29, 0.717) is 13.0 Å². The topological polar surface area (TPSA) is 66.8 Å². The predicted molar refractivity (Wildman–Crippen MR) is 66.7 cm³/mol. The van der Waals surface area contributed by atoms with Crippen molar-refractivity contribution in [2.45, 2.75) is 38.2 Å². The predicted octanol–water partition coefficient (Wildman–Crippen LogP) is 1.13. The number of rotatable bonds is 4.